The number of aromatic nitrogens is 2. The number of fused-ring (bicyclic) bond motifs is 3. The van der Waals surface area contributed by atoms with Crippen LogP contribution in [0.25, 0.3) is 20.3 Å². The predicted octanol–water partition coefficient (Wildman–Crippen LogP) is 4.42. The Hall–Kier alpha value is -3.41. The molecule has 1 fully saturated rings. The van der Waals surface area contributed by atoms with Crippen molar-refractivity contribution in [2.45, 2.75) is 31.0 Å². The number of carbonyl (C=O) groups is 2. The number of carbonyl (C=O) groups excluding carboxylic acids is 2. The summed E-state index contributed by atoms with van der Waals surface area (Å²) in [7, 11) is 4.69. The average Bonchev–Trinajstić information content (AvgIpc) is 3.38. The summed E-state index contributed by atoms with van der Waals surface area (Å²) >= 11 is 2.71. The molecule has 2 aromatic heterocycles. The zero-order valence-corrected chi connectivity index (χ0v) is 25.0. The van der Waals surface area contributed by atoms with Gasteiger partial charge in [0.2, 0.25) is 5.91 Å². The zero-order chi connectivity index (χ0) is 28.9. The Balaban J connectivity index is 1.41. The molecule has 0 saturated carbocycles. The number of thioether (sulfide) groups is 1. The number of methoxy groups -OCH3 is 3. The molecular weight excluding hydrogens is 562 g/mol. The summed E-state index contributed by atoms with van der Waals surface area (Å²) in [5.41, 5.74) is 1.53. The first-order valence-electron chi connectivity index (χ1n) is 13.5. The maximum absolute atomic E-state index is 13.8. The lowest BCUT2D eigenvalue weighted by molar-refractivity contribution is -0.134. The van der Waals surface area contributed by atoms with Gasteiger partial charge >= 0.3 is 0 Å². The number of ketones is 1. The first kappa shape index (κ1) is 29.1. The number of hydrogen-bond donors (Lipinski definition) is 0. The Kier molecular flexibility index (Phi) is 9.26. The lowest BCUT2D eigenvalue weighted by atomic mass is 9.94. The van der Waals surface area contributed by atoms with Gasteiger partial charge in [0.25, 0.3) is 5.56 Å². The van der Waals surface area contributed by atoms with E-state index >= 15 is 0 Å². The van der Waals surface area contributed by atoms with Gasteiger partial charge < -0.3 is 19.1 Å². The number of ether oxygens (including phenoxy) is 3. The summed E-state index contributed by atoms with van der Waals surface area (Å²) in [6.07, 6.45) is 2.10. The smallest absolute Gasteiger partial charge is 0.272 e. The van der Waals surface area contributed by atoms with Crippen molar-refractivity contribution >= 4 is 55.1 Å². The fraction of sp³-hybridized carbons (Fsp3) is 0.400. The largest absolute Gasteiger partial charge is 0.493 e. The lowest BCUT2D eigenvalue weighted by Gasteiger charge is -2.32. The van der Waals surface area contributed by atoms with Crippen molar-refractivity contribution in [1.82, 2.24) is 14.5 Å². The summed E-state index contributed by atoms with van der Waals surface area (Å²) < 4.78 is 19.1. The van der Waals surface area contributed by atoms with Crippen LogP contribution in [0, 0.1) is 5.92 Å². The van der Waals surface area contributed by atoms with Gasteiger partial charge in [0.05, 0.1) is 25.5 Å². The van der Waals surface area contributed by atoms with Crippen LogP contribution in [0.3, 0.4) is 0 Å². The van der Waals surface area contributed by atoms with Crippen molar-refractivity contribution in [3.8, 4) is 11.5 Å². The van der Waals surface area contributed by atoms with Crippen LogP contribution in [0.4, 0.5) is 0 Å². The minimum absolute atomic E-state index is 0.0260. The van der Waals surface area contributed by atoms with Crippen LogP contribution < -0.4 is 15.0 Å². The Morgan fingerprint density at radius 1 is 1.10 bits per heavy atom. The van der Waals surface area contributed by atoms with Gasteiger partial charge in [0, 0.05) is 42.7 Å². The van der Waals surface area contributed by atoms with E-state index in [1.807, 2.05) is 42.5 Å². The average molecular weight is 596 g/mol. The Labute approximate surface area is 246 Å². The van der Waals surface area contributed by atoms with Crippen molar-refractivity contribution in [2.75, 3.05) is 46.8 Å². The van der Waals surface area contributed by atoms with Crippen LogP contribution in [-0.2, 0) is 27.3 Å². The highest BCUT2D eigenvalue weighted by Crippen LogP contribution is 2.32. The van der Waals surface area contributed by atoms with Crippen LogP contribution in [0.2, 0.25) is 0 Å². The number of piperidine rings is 1. The van der Waals surface area contributed by atoms with E-state index in [1.54, 1.807) is 23.7 Å². The number of Topliss-reactive ketones (excluding diaryl/α,β-unsaturated/α-hetero) is 1. The molecule has 1 aliphatic heterocycles. The predicted molar refractivity (Wildman–Crippen MR) is 162 cm³/mol. The first-order valence-corrected chi connectivity index (χ1v) is 15.3. The van der Waals surface area contributed by atoms with E-state index < -0.39 is 0 Å². The Morgan fingerprint density at radius 3 is 2.68 bits per heavy atom. The summed E-state index contributed by atoms with van der Waals surface area (Å²) in [5.74, 6) is 1.14. The normalized spacial score (nSPS) is 15.4. The van der Waals surface area contributed by atoms with E-state index in [4.69, 9.17) is 19.2 Å². The van der Waals surface area contributed by atoms with Gasteiger partial charge in [-0.05, 0) is 43.0 Å². The maximum atomic E-state index is 13.8. The molecule has 3 heterocycles. The van der Waals surface area contributed by atoms with E-state index in [0.717, 1.165) is 28.5 Å². The van der Waals surface area contributed by atoms with Crippen LogP contribution in [-0.4, -0.2) is 72.9 Å². The second-order valence-electron chi connectivity index (χ2n) is 9.93. The van der Waals surface area contributed by atoms with Crippen molar-refractivity contribution in [2.24, 2.45) is 5.92 Å². The standard InChI is InChI=1S/C30H33N3O6S2/c1-37-17-22(34)20-7-6-13-32(16-20)26(35)18-40-30-31-27-21-8-4-5-9-25(21)41-28(27)29(36)33(30)14-12-19-10-11-23(38-2)24(15-19)39-3/h4-5,8-11,15,20H,6-7,12-14,16-18H2,1-3H3/t20-/m1/s1. The number of nitrogens with zero attached hydrogens (tertiary/aromatic N) is 3. The molecule has 0 spiro atoms. The molecule has 4 aromatic rings. The van der Waals surface area contributed by atoms with Crippen molar-refractivity contribution in [3.63, 3.8) is 0 Å². The minimum atomic E-state index is -0.205. The molecule has 1 saturated heterocycles. The molecule has 1 aliphatic rings. The number of benzene rings is 2. The third kappa shape index (κ3) is 6.27. The van der Waals surface area contributed by atoms with Gasteiger partial charge in [-0.2, -0.15) is 0 Å². The van der Waals surface area contributed by atoms with Crippen molar-refractivity contribution in [3.05, 3.63) is 58.4 Å². The monoisotopic (exact) mass is 595 g/mol. The summed E-state index contributed by atoms with van der Waals surface area (Å²) in [4.78, 5) is 46.1. The number of rotatable bonds is 11. The fourth-order valence-electron chi connectivity index (χ4n) is 5.18. The van der Waals surface area contributed by atoms with Crippen LogP contribution in [0.5, 0.6) is 11.5 Å². The third-order valence-corrected chi connectivity index (χ3v) is 9.47. The Morgan fingerprint density at radius 2 is 1.90 bits per heavy atom. The number of thiophene rings is 1. The van der Waals surface area contributed by atoms with E-state index in [1.165, 1.54) is 30.2 Å². The summed E-state index contributed by atoms with van der Waals surface area (Å²) in [5, 5.41) is 1.43. The van der Waals surface area contributed by atoms with Crippen molar-refractivity contribution < 1.29 is 23.8 Å². The minimum Gasteiger partial charge on any atom is -0.493 e. The third-order valence-electron chi connectivity index (χ3n) is 7.36. The Bertz CT molecular complexity index is 1630. The molecule has 5 rings (SSSR count). The molecule has 9 nitrogen and oxygen atoms in total. The fourth-order valence-corrected chi connectivity index (χ4v) is 7.19. The molecule has 0 N–H and O–H groups in total. The second-order valence-corrected chi connectivity index (χ2v) is 11.9. The van der Waals surface area contributed by atoms with Crippen LogP contribution in [0.15, 0.2) is 52.4 Å². The molecule has 0 bridgehead atoms. The lowest BCUT2D eigenvalue weighted by Crippen LogP contribution is -2.43. The summed E-state index contributed by atoms with van der Waals surface area (Å²) in [6, 6.07) is 13.6. The first-order chi connectivity index (χ1) is 19.9. The van der Waals surface area contributed by atoms with Gasteiger partial charge in [0.15, 0.2) is 22.4 Å². The maximum Gasteiger partial charge on any atom is 0.272 e. The molecule has 1 amide bonds. The van der Waals surface area contributed by atoms with E-state index in [2.05, 4.69) is 0 Å². The van der Waals surface area contributed by atoms with Gasteiger partial charge in [-0.3, -0.25) is 19.0 Å². The SMILES string of the molecule is COCC(=O)[C@@H]1CCCN(C(=O)CSc2nc3c(sc4ccccc43)c(=O)n2CCc2ccc(OC)c(OC)c2)C1. The molecular formula is C30H33N3O6S2. The number of amides is 1. The second kappa shape index (κ2) is 13.1. The highest BCUT2D eigenvalue weighted by Gasteiger charge is 2.28. The van der Waals surface area contributed by atoms with Gasteiger partial charge in [0.1, 0.15) is 11.3 Å². The topological polar surface area (TPSA) is 100.0 Å². The van der Waals surface area contributed by atoms with Gasteiger partial charge in [-0.25, -0.2) is 4.98 Å². The van der Waals surface area contributed by atoms with Gasteiger partial charge in [-0.1, -0.05) is 36.0 Å². The molecule has 11 heteroatoms. The van der Waals surface area contributed by atoms with Crippen LogP contribution >= 0.6 is 23.1 Å². The number of likely N-dealkylation sites (tertiary alicyclic amines) is 1. The molecule has 0 radical (unpaired) electrons. The molecule has 216 valence electrons. The van der Waals surface area contributed by atoms with E-state index in [0.29, 0.717) is 52.9 Å². The van der Waals surface area contributed by atoms with E-state index in [9.17, 15) is 14.4 Å². The highest BCUT2D eigenvalue weighted by molar-refractivity contribution is 7.99. The number of aryl methyl sites for hydroxylation is 1. The quantitative estimate of drug-likeness (QED) is 0.186. The van der Waals surface area contributed by atoms with Crippen molar-refractivity contribution in [1.29, 1.82) is 0 Å². The van der Waals surface area contributed by atoms with Crippen LogP contribution in [0.1, 0.15) is 18.4 Å². The zero-order valence-electron chi connectivity index (χ0n) is 23.4. The molecule has 0 unspecified atom stereocenters. The summed E-state index contributed by atoms with van der Waals surface area (Å²) in [6.45, 7) is 1.46. The van der Waals surface area contributed by atoms with E-state index in [-0.39, 0.29) is 35.5 Å². The van der Waals surface area contributed by atoms with Gasteiger partial charge in [-0.15, -0.1) is 11.3 Å². The number of hydrogen-bond acceptors (Lipinski definition) is 9. The highest BCUT2D eigenvalue weighted by atomic mass is 32.2. The molecule has 0 aliphatic carbocycles. The molecule has 2 aromatic carbocycles. The molecule has 1 atom stereocenters. The molecule has 41 heavy (non-hydrogen) atoms.